The monoisotopic (exact) mass is 344 g/mol. The van der Waals surface area contributed by atoms with E-state index in [1.54, 1.807) is 6.20 Å². The van der Waals surface area contributed by atoms with Gasteiger partial charge in [0.15, 0.2) is 0 Å². The average molecular weight is 344 g/mol. The second-order valence-corrected chi connectivity index (χ2v) is 6.12. The summed E-state index contributed by atoms with van der Waals surface area (Å²) in [6.45, 7) is 0.602. The lowest BCUT2D eigenvalue weighted by Gasteiger charge is -2.09. The molecular formula is C21H16N2O3. The van der Waals surface area contributed by atoms with Gasteiger partial charge in [0.1, 0.15) is 11.3 Å². The lowest BCUT2D eigenvalue weighted by Crippen LogP contribution is -2.00. The lowest BCUT2D eigenvalue weighted by atomic mass is 10.0. The summed E-state index contributed by atoms with van der Waals surface area (Å²) in [6, 6.07) is 18.7. The van der Waals surface area contributed by atoms with Crippen molar-refractivity contribution in [1.82, 2.24) is 4.98 Å². The molecule has 26 heavy (non-hydrogen) atoms. The van der Waals surface area contributed by atoms with Gasteiger partial charge in [0.2, 0.25) is 0 Å². The Morgan fingerprint density at radius 2 is 1.85 bits per heavy atom. The third-order valence-corrected chi connectivity index (χ3v) is 4.35. The SMILES string of the molecule is O=C(O)c1cc2cc(CNc3ccc4ncccc4c3)ccc2cc1O. The number of carbonyl (C=O) groups is 1. The molecule has 0 amide bonds. The summed E-state index contributed by atoms with van der Waals surface area (Å²) in [4.78, 5) is 15.5. The van der Waals surface area contributed by atoms with Crippen molar-refractivity contribution in [2.24, 2.45) is 0 Å². The van der Waals surface area contributed by atoms with Crippen LogP contribution in [0.1, 0.15) is 15.9 Å². The first-order chi connectivity index (χ1) is 12.6. The Labute approximate surface area is 149 Å². The number of pyridine rings is 1. The first-order valence-corrected chi connectivity index (χ1v) is 8.18. The Hall–Kier alpha value is -3.60. The summed E-state index contributed by atoms with van der Waals surface area (Å²) in [7, 11) is 0. The molecule has 0 radical (unpaired) electrons. The fourth-order valence-corrected chi connectivity index (χ4v) is 3.01. The average Bonchev–Trinajstić information content (AvgIpc) is 2.65. The minimum atomic E-state index is -1.14. The second kappa shape index (κ2) is 6.37. The Morgan fingerprint density at radius 1 is 0.962 bits per heavy atom. The van der Waals surface area contributed by atoms with Gasteiger partial charge in [-0.1, -0.05) is 18.2 Å². The number of hydrogen-bond donors (Lipinski definition) is 3. The van der Waals surface area contributed by atoms with Gasteiger partial charge in [0, 0.05) is 23.8 Å². The summed E-state index contributed by atoms with van der Waals surface area (Å²) in [5, 5.41) is 25.0. The highest BCUT2D eigenvalue weighted by molar-refractivity contribution is 5.97. The van der Waals surface area contributed by atoms with E-state index in [1.807, 2.05) is 48.5 Å². The molecule has 4 rings (SSSR count). The van der Waals surface area contributed by atoms with E-state index in [2.05, 4.69) is 10.3 Å². The van der Waals surface area contributed by atoms with Crippen molar-refractivity contribution in [2.75, 3.05) is 5.32 Å². The zero-order valence-corrected chi connectivity index (χ0v) is 13.8. The van der Waals surface area contributed by atoms with Gasteiger partial charge in [-0.05, 0) is 58.8 Å². The maximum absolute atomic E-state index is 11.2. The van der Waals surface area contributed by atoms with Crippen molar-refractivity contribution in [1.29, 1.82) is 0 Å². The fraction of sp³-hybridized carbons (Fsp3) is 0.0476. The maximum Gasteiger partial charge on any atom is 0.339 e. The highest BCUT2D eigenvalue weighted by atomic mass is 16.4. The van der Waals surface area contributed by atoms with E-state index in [-0.39, 0.29) is 11.3 Å². The highest BCUT2D eigenvalue weighted by Crippen LogP contribution is 2.26. The Balaban J connectivity index is 1.59. The molecule has 0 saturated heterocycles. The number of anilines is 1. The molecule has 5 heteroatoms. The minimum Gasteiger partial charge on any atom is -0.507 e. The molecule has 3 aromatic carbocycles. The Kier molecular flexibility index (Phi) is 3.89. The summed E-state index contributed by atoms with van der Waals surface area (Å²) in [6.07, 6.45) is 1.77. The van der Waals surface area contributed by atoms with Crippen molar-refractivity contribution >= 4 is 33.3 Å². The summed E-state index contributed by atoms with van der Waals surface area (Å²) in [5.41, 5.74) is 2.86. The van der Waals surface area contributed by atoms with Gasteiger partial charge in [-0.15, -0.1) is 0 Å². The van der Waals surface area contributed by atoms with E-state index < -0.39 is 5.97 Å². The van der Waals surface area contributed by atoms with Crippen LogP contribution in [0.2, 0.25) is 0 Å². The van der Waals surface area contributed by atoms with Crippen molar-refractivity contribution in [3.8, 4) is 5.75 Å². The highest BCUT2D eigenvalue weighted by Gasteiger charge is 2.11. The molecule has 0 aliphatic carbocycles. The molecule has 0 fully saturated rings. The van der Waals surface area contributed by atoms with E-state index >= 15 is 0 Å². The van der Waals surface area contributed by atoms with E-state index in [1.165, 1.54) is 12.1 Å². The normalized spacial score (nSPS) is 10.9. The number of aromatic nitrogens is 1. The van der Waals surface area contributed by atoms with Crippen LogP contribution in [0.5, 0.6) is 5.75 Å². The first kappa shape index (κ1) is 15.9. The molecule has 0 bridgehead atoms. The molecule has 1 heterocycles. The summed E-state index contributed by atoms with van der Waals surface area (Å²) < 4.78 is 0. The smallest absolute Gasteiger partial charge is 0.339 e. The van der Waals surface area contributed by atoms with Gasteiger partial charge >= 0.3 is 5.97 Å². The number of carboxylic acids is 1. The van der Waals surface area contributed by atoms with Crippen LogP contribution in [0.25, 0.3) is 21.7 Å². The summed E-state index contributed by atoms with van der Waals surface area (Å²) >= 11 is 0. The van der Waals surface area contributed by atoms with Gasteiger partial charge in [0.25, 0.3) is 0 Å². The standard InChI is InChI=1S/C21H16N2O3/c24-20-11-14-4-3-13(8-16(14)10-18(20)21(25)26)12-23-17-5-6-19-15(9-17)2-1-7-22-19/h1-11,23-24H,12H2,(H,25,26). The fourth-order valence-electron chi connectivity index (χ4n) is 3.01. The molecule has 0 aliphatic rings. The van der Waals surface area contributed by atoms with Crippen molar-refractivity contribution < 1.29 is 15.0 Å². The lowest BCUT2D eigenvalue weighted by molar-refractivity contribution is 0.0694. The van der Waals surface area contributed by atoms with Crippen LogP contribution in [0.15, 0.2) is 66.9 Å². The van der Waals surface area contributed by atoms with Crippen LogP contribution in [-0.4, -0.2) is 21.2 Å². The van der Waals surface area contributed by atoms with Crippen molar-refractivity contribution in [3.05, 3.63) is 78.0 Å². The molecule has 0 unspecified atom stereocenters. The molecular weight excluding hydrogens is 328 g/mol. The number of benzene rings is 3. The molecule has 0 aliphatic heterocycles. The number of fused-ring (bicyclic) bond motifs is 2. The van der Waals surface area contributed by atoms with Gasteiger partial charge in [-0.3, -0.25) is 4.98 Å². The zero-order valence-electron chi connectivity index (χ0n) is 13.8. The van der Waals surface area contributed by atoms with E-state index in [4.69, 9.17) is 5.11 Å². The largest absolute Gasteiger partial charge is 0.507 e. The number of phenols is 1. The van der Waals surface area contributed by atoms with Gasteiger partial charge in [0.05, 0.1) is 5.52 Å². The summed E-state index contributed by atoms with van der Waals surface area (Å²) in [5.74, 6) is -1.36. The minimum absolute atomic E-state index is 0.0929. The number of nitrogens with one attached hydrogen (secondary N) is 1. The third kappa shape index (κ3) is 3.02. The topological polar surface area (TPSA) is 82.5 Å². The van der Waals surface area contributed by atoms with Crippen molar-refractivity contribution in [3.63, 3.8) is 0 Å². The molecule has 5 nitrogen and oxygen atoms in total. The third-order valence-electron chi connectivity index (χ3n) is 4.35. The van der Waals surface area contributed by atoms with Crippen LogP contribution in [0.4, 0.5) is 5.69 Å². The molecule has 0 saturated carbocycles. The molecule has 4 aromatic rings. The Morgan fingerprint density at radius 3 is 2.69 bits per heavy atom. The number of hydrogen-bond acceptors (Lipinski definition) is 4. The number of aromatic carboxylic acids is 1. The first-order valence-electron chi connectivity index (χ1n) is 8.18. The van der Waals surface area contributed by atoms with Crippen molar-refractivity contribution in [2.45, 2.75) is 6.54 Å². The van der Waals surface area contributed by atoms with E-state index in [0.29, 0.717) is 6.54 Å². The zero-order chi connectivity index (χ0) is 18.1. The van der Waals surface area contributed by atoms with Crippen LogP contribution >= 0.6 is 0 Å². The second-order valence-electron chi connectivity index (χ2n) is 6.12. The predicted octanol–water partition coefficient (Wildman–Crippen LogP) is 4.40. The molecule has 0 spiro atoms. The molecule has 1 aromatic heterocycles. The number of rotatable bonds is 4. The van der Waals surface area contributed by atoms with Crippen LogP contribution in [0.3, 0.4) is 0 Å². The molecule has 0 atom stereocenters. The van der Waals surface area contributed by atoms with Gasteiger partial charge < -0.3 is 15.5 Å². The van der Waals surface area contributed by atoms with Crippen LogP contribution in [0, 0.1) is 0 Å². The van der Waals surface area contributed by atoms with E-state index in [0.717, 1.165) is 32.9 Å². The predicted molar refractivity (Wildman–Crippen MR) is 102 cm³/mol. The van der Waals surface area contributed by atoms with E-state index in [9.17, 15) is 9.90 Å². The quantitative estimate of drug-likeness (QED) is 0.511. The maximum atomic E-state index is 11.2. The van der Waals surface area contributed by atoms with Crippen LogP contribution in [-0.2, 0) is 6.54 Å². The number of nitrogens with zero attached hydrogens (tertiary/aromatic N) is 1. The Bertz CT molecular complexity index is 1140. The molecule has 3 N–H and O–H groups in total. The number of aromatic hydroxyl groups is 1. The number of carboxylic acid groups (broad SMARTS) is 1. The molecule has 128 valence electrons. The van der Waals surface area contributed by atoms with Crippen LogP contribution < -0.4 is 5.32 Å². The van der Waals surface area contributed by atoms with Gasteiger partial charge in [-0.2, -0.15) is 0 Å². The van der Waals surface area contributed by atoms with Gasteiger partial charge in [-0.25, -0.2) is 4.79 Å².